The molecule has 0 atom stereocenters. The fourth-order valence-corrected chi connectivity index (χ4v) is 1.31. The molecule has 0 radical (unpaired) electrons. The Labute approximate surface area is 98.3 Å². The number of hydrogen-bond donors (Lipinski definition) is 1. The number of methoxy groups -OCH3 is 2. The summed E-state index contributed by atoms with van der Waals surface area (Å²) in [6, 6.07) is 4.76. The number of hydrogen-bond acceptors (Lipinski definition) is 4. The summed E-state index contributed by atoms with van der Waals surface area (Å²) >= 11 is 0. The summed E-state index contributed by atoms with van der Waals surface area (Å²) < 4.78 is 9.37. The van der Waals surface area contributed by atoms with E-state index in [0.717, 1.165) is 6.08 Å². The third kappa shape index (κ3) is 3.07. The minimum atomic E-state index is -1.12. The van der Waals surface area contributed by atoms with Gasteiger partial charge >= 0.3 is 11.9 Å². The molecule has 0 saturated heterocycles. The van der Waals surface area contributed by atoms with Gasteiger partial charge in [0.05, 0.1) is 14.2 Å². The molecule has 0 fully saturated rings. The Bertz CT molecular complexity index is 462. The van der Waals surface area contributed by atoms with E-state index < -0.39 is 11.9 Å². The van der Waals surface area contributed by atoms with Crippen molar-refractivity contribution in [3.05, 3.63) is 35.4 Å². The summed E-state index contributed by atoms with van der Waals surface area (Å²) in [5, 5.41) is 9.07. The molecular weight excluding hydrogens is 224 g/mol. The predicted octanol–water partition coefficient (Wildman–Crippen LogP) is 1.58. The number of carboxylic acid groups (broad SMARTS) is 1. The van der Waals surface area contributed by atoms with Gasteiger partial charge in [-0.2, -0.15) is 0 Å². The highest BCUT2D eigenvalue weighted by Gasteiger charge is 2.14. The molecule has 0 aliphatic rings. The zero-order valence-electron chi connectivity index (χ0n) is 9.47. The maximum absolute atomic E-state index is 11.1. The number of carbonyl (C=O) groups is 2. The summed E-state index contributed by atoms with van der Waals surface area (Å²) in [6.45, 7) is 0. The van der Waals surface area contributed by atoms with Crippen molar-refractivity contribution in [1.82, 2.24) is 0 Å². The molecule has 5 nitrogen and oxygen atoms in total. The molecule has 0 bridgehead atoms. The minimum Gasteiger partial charge on any atom is -0.496 e. The first kappa shape index (κ1) is 12.8. The Balaban J connectivity index is 3.19. The molecule has 1 N–H and O–H groups in total. The number of rotatable bonds is 4. The smallest absolute Gasteiger partial charge is 0.340 e. The van der Waals surface area contributed by atoms with Crippen LogP contribution in [0.1, 0.15) is 15.9 Å². The van der Waals surface area contributed by atoms with E-state index in [9.17, 15) is 9.59 Å². The second kappa shape index (κ2) is 5.69. The SMILES string of the molecule is COC(=O)C=Cc1cccc(OC)c1C(=O)O. The quantitative estimate of drug-likeness (QED) is 0.634. The second-order valence-electron chi connectivity index (χ2n) is 3.09. The van der Waals surface area contributed by atoms with Gasteiger partial charge in [0.1, 0.15) is 11.3 Å². The highest BCUT2D eigenvalue weighted by molar-refractivity contribution is 5.97. The summed E-state index contributed by atoms with van der Waals surface area (Å²) in [7, 11) is 2.63. The van der Waals surface area contributed by atoms with E-state index in [0.29, 0.717) is 5.56 Å². The van der Waals surface area contributed by atoms with Crippen LogP contribution >= 0.6 is 0 Å². The predicted molar refractivity (Wildman–Crippen MR) is 61.0 cm³/mol. The highest BCUT2D eigenvalue weighted by Crippen LogP contribution is 2.23. The van der Waals surface area contributed by atoms with Crippen LogP contribution in [0.15, 0.2) is 24.3 Å². The zero-order chi connectivity index (χ0) is 12.8. The zero-order valence-corrected chi connectivity index (χ0v) is 9.47. The summed E-state index contributed by atoms with van der Waals surface area (Å²) in [6.07, 6.45) is 2.53. The van der Waals surface area contributed by atoms with Crippen LogP contribution in [-0.4, -0.2) is 31.3 Å². The number of aromatic carboxylic acids is 1. The average Bonchev–Trinajstić information content (AvgIpc) is 2.34. The van der Waals surface area contributed by atoms with Crippen molar-refractivity contribution in [2.45, 2.75) is 0 Å². The molecule has 0 heterocycles. The van der Waals surface area contributed by atoms with Crippen LogP contribution in [0, 0.1) is 0 Å². The molecule has 90 valence electrons. The van der Waals surface area contributed by atoms with Crippen molar-refractivity contribution in [1.29, 1.82) is 0 Å². The average molecular weight is 236 g/mol. The molecule has 0 aromatic heterocycles. The van der Waals surface area contributed by atoms with E-state index >= 15 is 0 Å². The van der Waals surface area contributed by atoms with E-state index in [4.69, 9.17) is 9.84 Å². The van der Waals surface area contributed by atoms with Gasteiger partial charge < -0.3 is 14.6 Å². The Morgan fingerprint density at radius 3 is 2.53 bits per heavy atom. The van der Waals surface area contributed by atoms with Crippen LogP contribution in [0.5, 0.6) is 5.75 Å². The summed E-state index contributed by atoms with van der Waals surface area (Å²) in [4.78, 5) is 22.0. The first-order valence-electron chi connectivity index (χ1n) is 4.76. The topological polar surface area (TPSA) is 72.8 Å². The summed E-state index contributed by atoms with van der Waals surface area (Å²) in [5.74, 6) is -1.43. The molecular formula is C12H12O5. The molecule has 1 aromatic carbocycles. The van der Waals surface area contributed by atoms with Gasteiger partial charge in [0, 0.05) is 6.08 Å². The van der Waals surface area contributed by atoms with Crippen molar-refractivity contribution in [3.63, 3.8) is 0 Å². The maximum atomic E-state index is 11.1. The fourth-order valence-electron chi connectivity index (χ4n) is 1.31. The highest BCUT2D eigenvalue weighted by atomic mass is 16.5. The number of carboxylic acids is 1. The molecule has 5 heteroatoms. The molecule has 1 rings (SSSR count). The third-order valence-electron chi connectivity index (χ3n) is 2.09. The Morgan fingerprint density at radius 1 is 1.29 bits per heavy atom. The van der Waals surface area contributed by atoms with Crippen LogP contribution in [0.4, 0.5) is 0 Å². The Hall–Kier alpha value is -2.30. The van der Waals surface area contributed by atoms with Crippen molar-refractivity contribution < 1.29 is 24.2 Å². The van der Waals surface area contributed by atoms with Gasteiger partial charge in [0.15, 0.2) is 0 Å². The Kier molecular flexibility index (Phi) is 4.28. The minimum absolute atomic E-state index is 0.00940. The number of carbonyl (C=O) groups excluding carboxylic acids is 1. The molecule has 0 amide bonds. The van der Waals surface area contributed by atoms with Crippen molar-refractivity contribution >= 4 is 18.0 Å². The van der Waals surface area contributed by atoms with E-state index in [1.54, 1.807) is 18.2 Å². The molecule has 0 aliphatic carbocycles. The third-order valence-corrected chi connectivity index (χ3v) is 2.09. The molecule has 17 heavy (non-hydrogen) atoms. The van der Waals surface area contributed by atoms with Crippen molar-refractivity contribution in [2.24, 2.45) is 0 Å². The lowest BCUT2D eigenvalue weighted by Gasteiger charge is -2.07. The molecule has 0 spiro atoms. The van der Waals surface area contributed by atoms with E-state index in [2.05, 4.69) is 4.74 Å². The van der Waals surface area contributed by atoms with E-state index in [-0.39, 0.29) is 11.3 Å². The van der Waals surface area contributed by atoms with Crippen LogP contribution in [0.25, 0.3) is 6.08 Å². The molecule has 1 aromatic rings. The number of esters is 1. The van der Waals surface area contributed by atoms with Gasteiger partial charge in [-0.05, 0) is 17.7 Å². The number of ether oxygens (including phenoxy) is 2. The summed E-state index contributed by atoms with van der Waals surface area (Å²) in [5.41, 5.74) is 0.386. The lowest BCUT2D eigenvalue weighted by molar-refractivity contribution is -0.134. The van der Waals surface area contributed by atoms with Gasteiger partial charge in [0.2, 0.25) is 0 Å². The fraction of sp³-hybridized carbons (Fsp3) is 0.167. The van der Waals surface area contributed by atoms with E-state index in [1.807, 2.05) is 0 Å². The first-order chi connectivity index (χ1) is 8.10. The van der Waals surface area contributed by atoms with Gasteiger partial charge in [-0.1, -0.05) is 12.1 Å². The second-order valence-corrected chi connectivity index (χ2v) is 3.09. The standard InChI is InChI=1S/C12H12O5/c1-16-9-5-3-4-8(11(9)12(14)15)6-7-10(13)17-2/h3-7H,1-2H3,(H,14,15). The van der Waals surface area contributed by atoms with Crippen LogP contribution in [-0.2, 0) is 9.53 Å². The Morgan fingerprint density at radius 2 is 2.00 bits per heavy atom. The normalized spacial score (nSPS) is 10.2. The largest absolute Gasteiger partial charge is 0.496 e. The molecule has 0 unspecified atom stereocenters. The van der Waals surface area contributed by atoms with Gasteiger partial charge in [-0.3, -0.25) is 0 Å². The maximum Gasteiger partial charge on any atom is 0.340 e. The lowest BCUT2D eigenvalue weighted by Crippen LogP contribution is -2.03. The van der Waals surface area contributed by atoms with Gasteiger partial charge in [-0.25, -0.2) is 9.59 Å². The number of benzene rings is 1. The van der Waals surface area contributed by atoms with Crippen LogP contribution < -0.4 is 4.74 Å². The van der Waals surface area contributed by atoms with Crippen LogP contribution in [0.2, 0.25) is 0 Å². The monoisotopic (exact) mass is 236 g/mol. The first-order valence-corrected chi connectivity index (χ1v) is 4.76. The van der Waals surface area contributed by atoms with E-state index in [1.165, 1.54) is 20.3 Å². The van der Waals surface area contributed by atoms with Gasteiger partial charge in [-0.15, -0.1) is 0 Å². The molecule has 0 aliphatic heterocycles. The van der Waals surface area contributed by atoms with Crippen molar-refractivity contribution in [3.8, 4) is 5.75 Å². The van der Waals surface area contributed by atoms with Gasteiger partial charge in [0.25, 0.3) is 0 Å². The van der Waals surface area contributed by atoms with Crippen molar-refractivity contribution in [2.75, 3.05) is 14.2 Å². The van der Waals surface area contributed by atoms with Crippen LogP contribution in [0.3, 0.4) is 0 Å². The lowest BCUT2D eigenvalue weighted by atomic mass is 10.1. The molecule has 0 saturated carbocycles.